The molecule has 130 valence electrons. The Morgan fingerprint density at radius 3 is 2.48 bits per heavy atom. The van der Waals surface area contributed by atoms with Crippen molar-refractivity contribution in [2.45, 2.75) is 31.4 Å². The van der Waals surface area contributed by atoms with Crippen molar-refractivity contribution < 1.29 is 14.4 Å². The number of β-amino-alcohol motifs (C(OH)–C–C–N with tert-alkyl or cyclic N) is 1. The largest absolute Gasteiger partial charge is 0.497 e. The molecule has 0 amide bonds. The number of rotatable bonds is 3. The highest BCUT2D eigenvalue weighted by molar-refractivity contribution is 5.95. The minimum absolute atomic E-state index is 0.554. The van der Waals surface area contributed by atoms with Crippen LogP contribution in [0.2, 0.25) is 0 Å². The van der Waals surface area contributed by atoms with E-state index in [-0.39, 0.29) is 0 Å². The number of hydrogen-bond donors (Lipinski definition) is 1. The van der Waals surface area contributed by atoms with Crippen molar-refractivity contribution in [3.05, 3.63) is 60.2 Å². The van der Waals surface area contributed by atoms with Crippen molar-refractivity contribution >= 4 is 11.5 Å². The zero-order valence-corrected chi connectivity index (χ0v) is 14.7. The van der Waals surface area contributed by atoms with Crippen LogP contribution in [0.25, 0.3) is 0 Å². The van der Waals surface area contributed by atoms with Gasteiger partial charge in [-0.2, -0.15) is 0 Å². The second-order valence-corrected chi connectivity index (χ2v) is 6.85. The van der Waals surface area contributed by atoms with E-state index in [0.29, 0.717) is 6.54 Å². The number of ether oxygens (including phenoxy) is 1. The Kier molecular flexibility index (Phi) is 4.22. The van der Waals surface area contributed by atoms with Crippen LogP contribution < -0.4 is 9.64 Å². The summed E-state index contributed by atoms with van der Waals surface area (Å²) in [5.41, 5.74) is 1.10. The average Bonchev–Trinajstić information content (AvgIpc) is 2.82. The Bertz CT molecular complexity index is 770. The molecule has 4 nitrogen and oxygen atoms in total. The summed E-state index contributed by atoms with van der Waals surface area (Å²) in [6.45, 7) is 1.45. The first-order valence-electron chi connectivity index (χ1n) is 9.05. The fourth-order valence-corrected chi connectivity index (χ4v) is 4.02. The van der Waals surface area contributed by atoms with Crippen molar-refractivity contribution in [3.63, 3.8) is 0 Å². The molecule has 2 aromatic carbocycles. The van der Waals surface area contributed by atoms with Crippen LogP contribution in [0.3, 0.4) is 0 Å². The Morgan fingerprint density at radius 1 is 1.00 bits per heavy atom. The first-order chi connectivity index (χ1) is 12.2. The van der Waals surface area contributed by atoms with Crippen molar-refractivity contribution in [1.82, 2.24) is 0 Å². The monoisotopic (exact) mass is 337 g/mol. The molecule has 2 heterocycles. The number of hydrogen-bond acceptors (Lipinski definition) is 3. The van der Waals surface area contributed by atoms with Crippen molar-refractivity contribution in [2.24, 2.45) is 0 Å². The molecule has 2 aliphatic heterocycles. The zero-order chi connectivity index (χ0) is 17.3. The number of aliphatic hydroxyl groups is 1. The summed E-state index contributed by atoms with van der Waals surface area (Å²) in [5, 5.41) is 11.7. The lowest BCUT2D eigenvalue weighted by Gasteiger charge is -2.23. The molecule has 0 aromatic heterocycles. The highest BCUT2D eigenvalue weighted by atomic mass is 16.5. The Hall–Kier alpha value is -2.33. The molecule has 4 heteroatoms. The van der Waals surface area contributed by atoms with Crippen LogP contribution >= 0.6 is 0 Å². The van der Waals surface area contributed by atoms with Crippen molar-refractivity contribution in [2.75, 3.05) is 25.1 Å². The number of anilines is 1. The highest BCUT2D eigenvalue weighted by Crippen LogP contribution is 2.35. The van der Waals surface area contributed by atoms with Crippen LogP contribution in [0.4, 0.5) is 5.69 Å². The van der Waals surface area contributed by atoms with Gasteiger partial charge in [-0.15, -0.1) is 0 Å². The van der Waals surface area contributed by atoms with Crippen LogP contribution in [0.1, 0.15) is 31.2 Å². The second kappa shape index (κ2) is 6.52. The molecule has 1 atom stereocenters. The summed E-state index contributed by atoms with van der Waals surface area (Å²) in [7, 11) is 1.68. The molecule has 0 fully saturated rings. The maximum absolute atomic E-state index is 11.7. The fourth-order valence-electron chi connectivity index (χ4n) is 4.02. The normalized spacial score (nSPS) is 23.4. The fraction of sp³-hybridized carbons (Fsp3) is 0.381. The first-order valence-corrected chi connectivity index (χ1v) is 9.05. The lowest BCUT2D eigenvalue weighted by Crippen LogP contribution is -2.40. The van der Waals surface area contributed by atoms with Gasteiger partial charge in [0.15, 0.2) is 6.54 Å². The second-order valence-electron chi connectivity index (χ2n) is 6.85. The molecule has 2 aliphatic rings. The van der Waals surface area contributed by atoms with Crippen LogP contribution in [0, 0.1) is 0 Å². The molecule has 0 bridgehead atoms. The van der Waals surface area contributed by atoms with Crippen LogP contribution in [0.15, 0.2) is 54.6 Å². The van der Waals surface area contributed by atoms with Gasteiger partial charge in [0.2, 0.25) is 0 Å². The molecular weight excluding hydrogens is 312 g/mol. The molecule has 4 rings (SSSR count). The molecule has 0 spiro atoms. The highest BCUT2D eigenvalue weighted by Gasteiger charge is 2.51. The Morgan fingerprint density at radius 2 is 1.76 bits per heavy atom. The minimum Gasteiger partial charge on any atom is -0.497 e. The summed E-state index contributed by atoms with van der Waals surface area (Å²) in [4.78, 5) is 2.28. The van der Waals surface area contributed by atoms with Crippen LogP contribution in [0.5, 0.6) is 5.75 Å². The van der Waals surface area contributed by atoms with Gasteiger partial charge in [-0.1, -0.05) is 30.3 Å². The van der Waals surface area contributed by atoms with Gasteiger partial charge >= 0.3 is 0 Å². The summed E-state index contributed by atoms with van der Waals surface area (Å²) in [6, 6.07) is 18.2. The van der Waals surface area contributed by atoms with Crippen LogP contribution in [-0.2, 0) is 5.72 Å². The van der Waals surface area contributed by atoms with E-state index in [1.165, 1.54) is 18.7 Å². The summed E-state index contributed by atoms with van der Waals surface area (Å²) in [6.07, 6.45) is 4.50. The van der Waals surface area contributed by atoms with Gasteiger partial charge in [-0.25, -0.2) is 9.48 Å². The van der Waals surface area contributed by atoms with E-state index in [9.17, 15) is 5.11 Å². The third-order valence-corrected chi connectivity index (χ3v) is 5.35. The van der Waals surface area contributed by atoms with Crippen LogP contribution in [-0.4, -0.2) is 35.7 Å². The molecule has 1 N–H and O–H groups in total. The smallest absolute Gasteiger partial charge is 0.271 e. The van der Waals surface area contributed by atoms with E-state index in [1.54, 1.807) is 7.11 Å². The third kappa shape index (κ3) is 2.81. The molecular formula is C21H25N2O2+. The van der Waals surface area contributed by atoms with Gasteiger partial charge in [0.05, 0.1) is 13.7 Å². The molecule has 0 unspecified atom stereocenters. The molecule has 25 heavy (non-hydrogen) atoms. The summed E-state index contributed by atoms with van der Waals surface area (Å²) >= 11 is 0. The maximum Gasteiger partial charge on any atom is 0.271 e. The predicted molar refractivity (Wildman–Crippen MR) is 99.3 cm³/mol. The lowest BCUT2D eigenvalue weighted by molar-refractivity contribution is -0.658. The van der Waals surface area contributed by atoms with E-state index < -0.39 is 5.72 Å². The summed E-state index contributed by atoms with van der Waals surface area (Å²) < 4.78 is 7.51. The van der Waals surface area contributed by atoms with E-state index >= 15 is 0 Å². The topological polar surface area (TPSA) is 35.7 Å². The minimum atomic E-state index is -0.971. The number of amidine groups is 1. The van der Waals surface area contributed by atoms with E-state index in [0.717, 1.165) is 36.4 Å². The lowest BCUT2D eigenvalue weighted by atomic mass is 10.0. The van der Waals surface area contributed by atoms with Gasteiger partial charge in [0.25, 0.3) is 11.6 Å². The first kappa shape index (κ1) is 16.2. The van der Waals surface area contributed by atoms with Crippen molar-refractivity contribution in [3.8, 4) is 5.75 Å². The molecule has 0 saturated heterocycles. The predicted octanol–water partition coefficient (Wildman–Crippen LogP) is 3.35. The number of nitrogens with zero attached hydrogens (tertiary/aromatic N) is 2. The van der Waals surface area contributed by atoms with Gasteiger partial charge in [-0.05, 0) is 43.5 Å². The van der Waals surface area contributed by atoms with Gasteiger partial charge in [0, 0.05) is 12.0 Å². The average molecular weight is 337 g/mol. The zero-order valence-electron chi connectivity index (χ0n) is 14.7. The summed E-state index contributed by atoms with van der Waals surface area (Å²) in [5.74, 6) is 2.08. The maximum atomic E-state index is 11.7. The Balaban J connectivity index is 1.77. The number of methoxy groups -OCH3 is 1. The number of benzene rings is 2. The standard InChI is InChI=1S/C21H25N2O2/c1-25-19-13-11-18(12-14-19)22-16-21(24,17-8-4-2-5-9-17)23-15-7-3-6-10-20(22)23/h2,4-5,8-9,11-14,24H,3,6-7,10,15-16H2,1H3/q+1/t21-/m0/s1. The van der Waals surface area contributed by atoms with Gasteiger partial charge < -0.3 is 9.84 Å². The van der Waals surface area contributed by atoms with E-state index in [1.807, 2.05) is 42.5 Å². The van der Waals surface area contributed by atoms with E-state index in [4.69, 9.17) is 4.74 Å². The Labute approximate surface area is 149 Å². The molecule has 0 saturated carbocycles. The van der Waals surface area contributed by atoms with Crippen molar-refractivity contribution in [1.29, 1.82) is 0 Å². The van der Waals surface area contributed by atoms with E-state index in [2.05, 4.69) is 21.6 Å². The molecule has 2 aromatic rings. The third-order valence-electron chi connectivity index (χ3n) is 5.35. The van der Waals surface area contributed by atoms with Gasteiger partial charge in [0.1, 0.15) is 11.4 Å². The molecule has 0 radical (unpaired) electrons. The SMILES string of the molecule is COc1ccc(N2C[C@](O)(c3ccccc3)[N+]3=C2CCCCC3)cc1. The van der Waals surface area contributed by atoms with Gasteiger partial charge in [-0.3, -0.25) is 0 Å². The quantitative estimate of drug-likeness (QED) is 0.873. The molecule has 0 aliphatic carbocycles.